The number of nitrogens with one attached hydrogen (secondary N) is 2. The smallest absolute Gasteiger partial charge is 0.223 e. The molecular formula is C15H24N4O. The lowest BCUT2D eigenvalue weighted by atomic mass is 9.92. The van der Waals surface area contributed by atoms with Crippen molar-refractivity contribution in [1.29, 1.82) is 0 Å². The molecule has 5 nitrogen and oxygen atoms in total. The van der Waals surface area contributed by atoms with E-state index in [2.05, 4.69) is 27.1 Å². The second kappa shape index (κ2) is 5.95. The average Bonchev–Trinajstić information content (AvgIpc) is 3.08. The Bertz CT molecular complexity index is 445. The van der Waals surface area contributed by atoms with Gasteiger partial charge in [0.15, 0.2) is 0 Å². The first-order valence-electron chi connectivity index (χ1n) is 7.75. The predicted molar refractivity (Wildman–Crippen MR) is 77.2 cm³/mol. The summed E-state index contributed by atoms with van der Waals surface area (Å²) in [6.45, 7) is 3.11. The van der Waals surface area contributed by atoms with Crippen LogP contribution in [0.25, 0.3) is 0 Å². The van der Waals surface area contributed by atoms with E-state index in [9.17, 15) is 4.79 Å². The van der Waals surface area contributed by atoms with Gasteiger partial charge in [-0.3, -0.25) is 4.79 Å². The minimum atomic E-state index is 0.176. The molecule has 2 heterocycles. The van der Waals surface area contributed by atoms with Crippen LogP contribution in [0.2, 0.25) is 0 Å². The second-order valence-electron chi connectivity index (χ2n) is 6.20. The number of hydrogen-bond donors (Lipinski definition) is 2. The molecule has 1 saturated heterocycles. The monoisotopic (exact) mass is 276 g/mol. The molecule has 0 radical (unpaired) electrons. The number of hydrogen-bond acceptors (Lipinski definition) is 3. The highest BCUT2D eigenvalue weighted by Gasteiger charge is 2.32. The molecule has 1 saturated carbocycles. The third-order valence-electron chi connectivity index (χ3n) is 4.71. The molecule has 0 bridgehead atoms. The van der Waals surface area contributed by atoms with Gasteiger partial charge in [-0.1, -0.05) is 0 Å². The summed E-state index contributed by atoms with van der Waals surface area (Å²) in [4.78, 5) is 16.6. The van der Waals surface area contributed by atoms with Gasteiger partial charge < -0.3 is 15.2 Å². The first kappa shape index (κ1) is 13.6. The van der Waals surface area contributed by atoms with Gasteiger partial charge in [0.25, 0.3) is 0 Å². The maximum atomic E-state index is 12.5. The Labute approximate surface area is 120 Å². The van der Waals surface area contributed by atoms with Gasteiger partial charge >= 0.3 is 0 Å². The number of carbonyl (C=O) groups excluding carboxylic acids is 1. The van der Waals surface area contributed by atoms with Crippen molar-refractivity contribution < 1.29 is 4.79 Å². The highest BCUT2D eigenvalue weighted by Crippen LogP contribution is 2.30. The number of carbonyl (C=O) groups is 1. The van der Waals surface area contributed by atoms with E-state index in [1.165, 1.54) is 6.42 Å². The van der Waals surface area contributed by atoms with Crippen molar-refractivity contribution in [3.63, 3.8) is 0 Å². The molecule has 3 rings (SSSR count). The maximum Gasteiger partial charge on any atom is 0.223 e. The van der Waals surface area contributed by atoms with Gasteiger partial charge in [0, 0.05) is 30.4 Å². The highest BCUT2D eigenvalue weighted by atomic mass is 16.2. The molecule has 1 aliphatic carbocycles. The lowest BCUT2D eigenvalue weighted by molar-refractivity contribution is -0.127. The molecule has 2 N–H and O–H groups in total. The Morgan fingerprint density at radius 3 is 3.05 bits per heavy atom. The van der Waals surface area contributed by atoms with Crippen LogP contribution in [0.5, 0.6) is 0 Å². The molecule has 110 valence electrons. The molecule has 0 aromatic carbocycles. The number of amides is 1. The Balaban J connectivity index is 1.60. The SMILES string of the molecule is CC1CC(C(=O)NC2CCCC2n2ccnc2)CCN1. The zero-order valence-corrected chi connectivity index (χ0v) is 12.1. The second-order valence-corrected chi connectivity index (χ2v) is 6.20. The van der Waals surface area contributed by atoms with Gasteiger partial charge in [0.2, 0.25) is 5.91 Å². The summed E-state index contributed by atoms with van der Waals surface area (Å²) in [5, 5.41) is 6.69. The van der Waals surface area contributed by atoms with Gasteiger partial charge in [-0.05, 0) is 45.6 Å². The van der Waals surface area contributed by atoms with Crippen LogP contribution in [0.15, 0.2) is 18.7 Å². The van der Waals surface area contributed by atoms with Crippen molar-refractivity contribution in [1.82, 2.24) is 20.2 Å². The van der Waals surface area contributed by atoms with Gasteiger partial charge in [0.1, 0.15) is 0 Å². The summed E-state index contributed by atoms with van der Waals surface area (Å²) in [7, 11) is 0. The molecular weight excluding hydrogens is 252 g/mol. The Morgan fingerprint density at radius 2 is 2.30 bits per heavy atom. The van der Waals surface area contributed by atoms with E-state index in [-0.39, 0.29) is 17.9 Å². The summed E-state index contributed by atoms with van der Waals surface area (Å²) >= 11 is 0. The fourth-order valence-corrected chi connectivity index (χ4v) is 3.60. The topological polar surface area (TPSA) is 59.0 Å². The summed E-state index contributed by atoms with van der Waals surface area (Å²) in [6, 6.07) is 1.09. The molecule has 1 aromatic heterocycles. The van der Waals surface area contributed by atoms with Crippen molar-refractivity contribution in [3.05, 3.63) is 18.7 Å². The highest BCUT2D eigenvalue weighted by molar-refractivity contribution is 5.79. The van der Waals surface area contributed by atoms with Crippen LogP contribution < -0.4 is 10.6 Å². The molecule has 4 unspecified atom stereocenters. The van der Waals surface area contributed by atoms with Gasteiger partial charge in [0.05, 0.1) is 12.4 Å². The predicted octanol–water partition coefficient (Wildman–Crippen LogP) is 1.48. The quantitative estimate of drug-likeness (QED) is 0.879. The number of rotatable bonds is 3. The first-order chi connectivity index (χ1) is 9.74. The van der Waals surface area contributed by atoms with Crippen LogP contribution in [0.1, 0.15) is 45.1 Å². The van der Waals surface area contributed by atoms with Crippen LogP contribution >= 0.6 is 0 Å². The molecule has 1 aliphatic heterocycles. The standard InChI is InChI=1S/C15H24N4O/c1-11-9-12(5-6-17-11)15(20)18-13-3-2-4-14(13)19-8-7-16-10-19/h7-8,10-14,17H,2-6,9H2,1H3,(H,18,20). The minimum absolute atomic E-state index is 0.176. The van der Waals surface area contributed by atoms with Gasteiger partial charge in [-0.2, -0.15) is 0 Å². The summed E-state index contributed by atoms with van der Waals surface area (Å²) < 4.78 is 2.14. The zero-order valence-electron chi connectivity index (χ0n) is 12.1. The summed E-state index contributed by atoms with van der Waals surface area (Å²) in [5.41, 5.74) is 0. The molecule has 0 spiro atoms. The molecule has 4 atom stereocenters. The number of aromatic nitrogens is 2. The number of piperidine rings is 1. The van der Waals surface area contributed by atoms with Crippen molar-refractivity contribution >= 4 is 5.91 Å². The summed E-state index contributed by atoms with van der Waals surface area (Å²) in [5.74, 6) is 0.422. The summed E-state index contributed by atoms with van der Waals surface area (Å²) in [6.07, 6.45) is 11.0. The van der Waals surface area contributed by atoms with Crippen LogP contribution in [0.4, 0.5) is 0 Å². The molecule has 20 heavy (non-hydrogen) atoms. The third-order valence-corrected chi connectivity index (χ3v) is 4.71. The Morgan fingerprint density at radius 1 is 1.40 bits per heavy atom. The Kier molecular flexibility index (Phi) is 4.05. The van der Waals surface area contributed by atoms with E-state index < -0.39 is 0 Å². The molecule has 5 heteroatoms. The third kappa shape index (κ3) is 2.87. The Hall–Kier alpha value is -1.36. The average molecular weight is 276 g/mol. The van der Waals surface area contributed by atoms with Crippen molar-refractivity contribution in [3.8, 4) is 0 Å². The molecule has 2 fully saturated rings. The minimum Gasteiger partial charge on any atom is -0.351 e. The zero-order chi connectivity index (χ0) is 13.9. The molecule has 2 aliphatic rings. The molecule has 1 amide bonds. The van der Waals surface area contributed by atoms with E-state index in [1.54, 1.807) is 0 Å². The lowest BCUT2D eigenvalue weighted by Crippen LogP contribution is -2.46. The largest absolute Gasteiger partial charge is 0.351 e. The van der Waals surface area contributed by atoms with Crippen molar-refractivity contribution in [2.45, 2.75) is 57.2 Å². The van der Waals surface area contributed by atoms with Crippen molar-refractivity contribution in [2.75, 3.05) is 6.54 Å². The van der Waals surface area contributed by atoms with Gasteiger partial charge in [-0.15, -0.1) is 0 Å². The van der Waals surface area contributed by atoms with Crippen LogP contribution in [0.3, 0.4) is 0 Å². The van der Waals surface area contributed by atoms with E-state index in [0.717, 1.165) is 32.2 Å². The van der Waals surface area contributed by atoms with E-state index >= 15 is 0 Å². The van der Waals surface area contributed by atoms with Crippen LogP contribution in [-0.2, 0) is 4.79 Å². The van der Waals surface area contributed by atoms with Crippen LogP contribution in [-0.4, -0.2) is 34.1 Å². The lowest BCUT2D eigenvalue weighted by Gasteiger charge is -2.29. The van der Waals surface area contributed by atoms with Crippen molar-refractivity contribution in [2.24, 2.45) is 5.92 Å². The fraction of sp³-hybridized carbons (Fsp3) is 0.733. The fourth-order valence-electron chi connectivity index (χ4n) is 3.60. The van der Waals surface area contributed by atoms with E-state index in [0.29, 0.717) is 12.1 Å². The molecule has 1 aromatic rings. The maximum absolute atomic E-state index is 12.5. The van der Waals surface area contributed by atoms with Gasteiger partial charge in [-0.25, -0.2) is 4.98 Å². The van der Waals surface area contributed by atoms with E-state index in [1.807, 2.05) is 18.7 Å². The normalized spacial score (nSPS) is 34.0. The number of imidazole rings is 1. The number of nitrogens with zero attached hydrogens (tertiary/aromatic N) is 2. The van der Waals surface area contributed by atoms with Crippen LogP contribution in [0, 0.1) is 5.92 Å². The van der Waals surface area contributed by atoms with E-state index in [4.69, 9.17) is 0 Å². The first-order valence-corrected chi connectivity index (χ1v) is 7.75.